The number of hydrogen-bond donors (Lipinski definition) is 2. The SMILES string of the molecule is COC[C@H](C)NS(=O)(=O)c1ccc(NC(=O)[C@H]2CCCCN2S(=O)(=O)c2ccccc2)cc1. The van der Waals surface area contributed by atoms with E-state index in [1.54, 1.807) is 25.1 Å². The summed E-state index contributed by atoms with van der Waals surface area (Å²) in [4.78, 5) is 13.2. The maximum Gasteiger partial charge on any atom is 0.243 e. The van der Waals surface area contributed by atoms with Crippen LogP contribution in [-0.4, -0.2) is 59.4 Å². The molecule has 2 atom stereocenters. The van der Waals surface area contributed by atoms with Crippen LogP contribution in [0.2, 0.25) is 0 Å². The smallest absolute Gasteiger partial charge is 0.243 e. The molecule has 1 saturated heterocycles. The second-order valence-electron chi connectivity index (χ2n) is 7.93. The van der Waals surface area contributed by atoms with Gasteiger partial charge in [-0.15, -0.1) is 0 Å². The number of methoxy groups -OCH3 is 1. The van der Waals surface area contributed by atoms with Crippen LogP contribution in [0.25, 0.3) is 0 Å². The minimum Gasteiger partial charge on any atom is -0.383 e. The molecule has 2 aromatic carbocycles. The summed E-state index contributed by atoms with van der Waals surface area (Å²) in [5, 5.41) is 2.72. The quantitative estimate of drug-likeness (QED) is 0.550. The second-order valence-corrected chi connectivity index (χ2v) is 11.5. The van der Waals surface area contributed by atoms with Gasteiger partial charge in [-0.3, -0.25) is 4.79 Å². The molecule has 1 aliphatic rings. The third-order valence-electron chi connectivity index (χ3n) is 5.31. The van der Waals surface area contributed by atoms with Crippen LogP contribution in [0.5, 0.6) is 0 Å². The highest BCUT2D eigenvalue weighted by atomic mass is 32.2. The Balaban J connectivity index is 1.73. The van der Waals surface area contributed by atoms with Crippen LogP contribution in [0.1, 0.15) is 26.2 Å². The zero-order valence-electron chi connectivity index (χ0n) is 18.6. The standard InChI is InChI=1S/C22H29N3O6S2/c1-17(16-31-2)24-32(27,28)19-13-11-18(12-14-19)23-22(26)21-10-6-7-15-25(21)33(29,30)20-8-4-3-5-9-20/h3-5,8-9,11-14,17,21,24H,6-7,10,15-16H2,1-2H3,(H,23,26)/t17-,21+/m0/s1. The third-order valence-corrected chi connectivity index (χ3v) is 8.84. The molecule has 11 heteroatoms. The number of nitrogens with zero attached hydrogens (tertiary/aromatic N) is 1. The molecule has 0 saturated carbocycles. The third kappa shape index (κ3) is 6.18. The number of carbonyl (C=O) groups is 1. The Bertz CT molecular complexity index is 1150. The van der Waals surface area contributed by atoms with Gasteiger partial charge in [-0.1, -0.05) is 24.6 Å². The zero-order valence-corrected chi connectivity index (χ0v) is 20.2. The van der Waals surface area contributed by atoms with Gasteiger partial charge in [0.25, 0.3) is 0 Å². The number of hydrogen-bond acceptors (Lipinski definition) is 6. The van der Waals surface area contributed by atoms with E-state index in [2.05, 4.69) is 10.0 Å². The first-order valence-corrected chi connectivity index (χ1v) is 13.6. The molecule has 0 radical (unpaired) electrons. The summed E-state index contributed by atoms with van der Waals surface area (Å²) in [5.41, 5.74) is 0.381. The maximum absolute atomic E-state index is 13.1. The second kappa shape index (κ2) is 10.7. The molecule has 2 N–H and O–H groups in total. The normalized spacial score (nSPS) is 18.5. The van der Waals surface area contributed by atoms with Crippen LogP contribution in [0, 0.1) is 0 Å². The summed E-state index contributed by atoms with van der Waals surface area (Å²) < 4.78 is 59.8. The predicted molar refractivity (Wildman–Crippen MR) is 125 cm³/mol. The number of rotatable bonds is 9. The Morgan fingerprint density at radius 2 is 1.70 bits per heavy atom. The Hall–Kier alpha value is -2.31. The van der Waals surface area contributed by atoms with Gasteiger partial charge in [0, 0.05) is 25.4 Å². The molecule has 1 fully saturated rings. The zero-order chi connectivity index (χ0) is 24.1. The molecule has 0 bridgehead atoms. The van der Waals surface area contributed by atoms with Gasteiger partial charge < -0.3 is 10.1 Å². The van der Waals surface area contributed by atoms with E-state index >= 15 is 0 Å². The Labute approximate surface area is 195 Å². The van der Waals surface area contributed by atoms with E-state index in [4.69, 9.17) is 4.74 Å². The van der Waals surface area contributed by atoms with Gasteiger partial charge in [0.2, 0.25) is 26.0 Å². The lowest BCUT2D eigenvalue weighted by Gasteiger charge is -2.33. The van der Waals surface area contributed by atoms with E-state index in [0.717, 1.165) is 6.42 Å². The van der Waals surface area contributed by atoms with Crippen molar-refractivity contribution in [1.29, 1.82) is 0 Å². The van der Waals surface area contributed by atoms with Gasteiger partial charge in [0.15, 0.2) is 0 Å². The number of carbonyl (C=O) groups excluding carboxylic acids is 1. The molecular weight excluding hydrogens is 466 g/mol. The first-order chi connectivity index (χ1) is 15.6. The summed E-state index contributed by atoms with van der Waals surface area (Å²) in [7, 11) is -6.07. The molecule has 3 rings (SSSR count). The molecule has 1 amide bonds. The van der Waals surface area contributed by atoms with E-state index in [9.17, 15) is 21.6 Å². The lowest BCUT2D eigenvalue weighted by molar-refractivity contribution is -0.120. The number of amides is 1. The highest BCUT2D eigenvalue weighted by molar-refractivity contribution is 7.89. The van der Waals surface area contributed by atoms with Crippen LogP contribution in [0.15, 0.2) is 64.4 Å². The highest BCUT2D eigenvalue weighted by Gasteiger charge is 2.37. The number of anilines is 1. The molecule has 33 heavy (non-hydrogen) atoms. The summed E-state index contributed by atoms with van der Waals surface area (Å²) in [5.74, 6) is -0.448. The van der Waals surface area contributed by atoms with Gasteiger partial charge >= 0.3 is 0 Å². The minimum absolute atomic E-state index is 0.0504. The first-order valence-electron chi connectivity index (χ1n) is 10.6. The highest BCUT2D eigenvalue weighted by Crippen LogP contribution is 2.26. The molecule has 2 aromatic rings. The number of piperidine rings is 1. The topological polar surface area (TPSA) is 122 Å². The molecule has 0 spiro atoms. The summed E-state index contributed by atoms with van der Waals surface area (Å²) in [6.07, 6.45) is 1.82. The lowest BCUT2D eigenvalue weighted by Crippen LogP contribution is -2.49. The Kier molecular flexibility index (Phi) is 8.24. The largest absolute Gasteiger partial charge is 0.383 e. The lowest BCUT2D eigenvalue weighted by atomic mass is 10.0. The Morgan fingerprint density at radius 3 is 2.33 bits per heavy atom. The van der Waals surface area contributed by atoms with E-state index in [0.29, 0.717) is 18.5 Å². The molecule has 0 unspecified atom stereocenters. The van der Waals surface area contributed by atoms with Crippen molar-refractivity contribution >= 4 is 31.6 Å². The summed E-state index contributed by atoms with van der Waals surface area (Å²) >= 11 is 0. The van der Waals surface area contributed by atoms with Gasteiger partial charge in [-0.05, 0) is 56.2 Å². The average molecular weight is 496 g/mol. The van der Waals surface area contributed by atoms with E-state index < -0.39 is 38.0 Å². The average Bonchev–Trinajstić information content (AvgIpc) is 2.80. The molecule has 0 aliphatic carbocycles. The van der Waals surface area contributed by atoms with Crippen molar-refractivity contribution < 1.29 is 26.4 Å². The number of benzene rings is 2. The number of sulfonamides is 2. The van der Waals surface area contributed by atoms with Crippen LogP contribution in [-0.2, 0) is 29.6 Å². The maximum atomic E-state index is 13.1. The summed E-state index contributed by atoms with van der Waals surface area (Å²) in [6.45, 7) is 2.18. The minimum atomic E-state index is -3.82. The van der Waals surface area contributed by atoms with Crippen molar-refractivity contribution in [2.24, 2.45) is 0 Å². The predicted octanol–water partition coefficient (Wildman–Crippen LogP) is 2.18. The summed E-state index contributed by atoms with van der Waals surface area (Å²) in [6, 6.07) is 12.5. The number of ether oxygens (including phenoxy) is 1. The van der Waals surface area contributed by atoms with Crippen molar-refractivity contribution in [3.05, 3.63) is 54.6 Å². The Morgan fingerprint density at radius 1 is 1.03 bits per heavy atom. The molecule has 1 heterocycles. The van der Waals surface area contributed by atoms with Crippen molar-refractivity contribution in [2.75, 3.05) is 25.6 Å². The van der Waals surface area contributed by atoms with Gasteiger partial charge in [-0.25, -0.2) is 21.6 Å². The van der Waals surface area contributed by atoms with Crippen LogP contribution in [0.4, 0.5) is 5.69 Å². The number of nitrogens with one attached hydrogen (secondary N) is 2. The fraction of sp³-hybridized carbons (Fsp3) is 0.409. The van der Waals surface area contributed by atoms with E-state index in [-0.39, 0.29) is 22.9 Å². The van der Waals surface area contributed by atoms with Crippen LogP contribution >= 0.6 is 0 Å². The van der Waals surface area contributed by atoms with Crippen molar-refractivity contribution in [2.45, 2.75) is 48.1 Å². The molecular formula is C22H29N3O6S2. The van der Waals surface area contributed by atoms with E-state index in [1.165, 1.54) is 47.8 Å². The molecule has 180 valence electrons. The fourth-order valence-electron chi connectivity index (χ4n) is 3.74. The van der Waals surface area contributed by atoms with E-state index in [1.807, 2.05) is 0 Å². The van der Waals surface area contributed by atoms with Crippen molar-refractivity contribution in [1.82, 2.24) is 9.03 Å². The van der Waals surface area contributed by atoms with Crippen LogP contribution in [0.3, 0.4) is 0 Å². The first kappa shape index (κ1) is 25.3. The van der Waals surface area contributed by atoms with Crippen molar-refractivity contribution in [3.63, 3.8) is 0 Å². The molecule has 1 aliphatic heterocycles. The van der Waals surface area contributed by atoms with Gasteiger partial charge in [-0.2, -0.15) is 4.31 Å². The fourth-order valence-corrected chi connectivity index (χ4v) is 6.65. The monoisotopic (exact) mass is 495 g/mol. The van der Waals surface area contributed by atoms with Crippen molar-refractivity contribution in [3.8, 4) is 0 Å². The molecule has 0 aromatic heterocycles. The van der Waals surface area contributed by atoms with Gasteiger partial charge in [0.05, 0.1) is 16.4 Å². The van der Waals surface area contributed by atoms with Gasteiger partial charge in [0.1, 0.15) is 6.04 Å². The van der Waals surface area contributed by atoms with Crippen LogP contribution < -0.4 is 10.0 Å². The molecule has 9 nitrogen and oxygen atoms in total.